The van der Waals surface area contributed by atoms with Crippen LogP contribution in [0.2, 0.25) is 0 Å². The van der Waals surface area contributed by atoms with Gasteiger partial charge >= 0.3 is 0 Å². The molecule has 140 valence electrons. The first-order valence-electron chi connectivity index (χ1n) is 9.90. The van der Waals surface area contributed by atoms with Crippen molar-refractivity contribution < 1.29 is 0 Å². The van der Waals surface area contributed by atoms with Gasteiger partial charge in [-0.2, -0.15) is 0 Å². The van der Waals surface area contributed by atoms with Crippen molar-refractivity contribution in [2.24, 2.45) is 0 Å². The van der Waals surface area contributed by atoms with Crippen molar-refractivity contribution in [3.05, 3.63) is 47.5 Å². The van der Waals surface area contributed by atoms with Crippen LogP contribution in [0.5, 0.6) is 0 Å². The smallest absolute Gasteiger partial charge is 0.0190 e. The minimum atomic E-state index is 0.653. The fourth-order valence-corrected chi connectivity index (χ4v) is 2.28. The van der Waals surface area contributed by atoms with E-state index in [1.807, 2.05) is 13.8 Å². The van der Waals surface area contributed by atoms with Gasteiger partial charge in [-0.1, -0.05) is 90.4 Å². The zero-order chi connectivity index (χ0) is 19.0. The summed E-state index contributed by atoms with van der Waals surface area (Å²) in [5, 5.41) is 0. The fraction of sp³-hybridized carbons (Fsp3) is 0.652. The first kappa shape index (κ1) is 25.2. The molecule has 1 aromatic rings. The topological polar surface area (TPSA) is 3.24 Å². The minimum absolute atomic E-state index is 0.653. The van der Waals surface area contributed by atoms with E-state index in [1.54, 1.807) is 0 Å². The number of nitrogens with zero attached hydrogens (tertiary/aromatic N) is 1. The van der Waals surface area contributed by atoms with Gasteiger partial charge in [0.05, 0.1) is 0 Å². The first-order valence-corrected chi connectivity index (χ1v) is 9.90. The van der Waals surface area contributed by atoms with E-state index in [-0.39, 0.29) is 0 Å². The minimum Gasteiger partial charge on any atom is -0.299 e. The monoisotopic (exact) mass is 333 g/mol. The highest BCUT2D eigenvalue weighted by Crippen LogP contribution is 2.13. The Kier molecular flexibility index (Phi) is 17.6. The van der Waals surface area contributed by atoms with Gasteiger partial charge in [-0.25, -0.2) is 0 Å². The predicted molar refractivity (Wildman–Crippen MR) is 113 cm³/mol. The first-order chi connectivity index (χ1) is 11.4. The molecule has 1 aromatic carbocycles. The number of hydrogen-bond donors (Lipinski definition) is 0. The van der Waals surface area contributed by atoms with Crippen LogP contribution in [-0.4, -0.2) is 24.5 Å². The Morgan fingerprint density at radius 3 is 1.75 bits per heavy atom. The normalized spacial score (nSPS) is 9.92. The molecule has 0 bridgehead atoms. The maximum atomic E-state index is 4.04. The number of rotatable bonds is 8. The molecule has 24 heavy (non-hydrogen) atoms. The molecule has 0 unspecified atom stereocenters. The molecule has 0 fully saturated rings. The average Bonchev–Trinajstić information content (AvgIpc) is 2.58. The highest BCUT2D eigenvalue weighted by molar-refractivity contribution is 5.23. The summed E-state index contributed by atoms with van der Waals surface area (Å²) >= 11 is 0. The molecule has 0 saturated carbocycles. The Labute approximate surface area is 153 Å². The summed E-state index contributed by atoms with van der Waals surface area (Å²) in [6.07, 6.45) is 3.61. The van der Waals surface area contributed by atoms with Crippen LogP contribution in [0.4, 0.5) is 0 Å². The van der Waals surface area contributed by atoms with Crippen molar-refractivity contribution in [3.63, 3.8) is 0 Å². The standard InChI is InChI=1S/C11H23N.C10H14.C2H6/c1-5-8-12(9-6-2)10-11(4)7-3;1-8(2)10-6-4-9(3)5-7-10;1-2/h4-10H2,1-3H3;4-8H,1-3H3;1-2H3. The Bertz CT molecular complexity index is 383. The van der Waals surface area contributed by atoms with Gasteiger partial charge in [0.15, 0.2) is 0 Å². The van der Waals surface area contributed by atoms with Crippen molar-refractivity contribution in [3.8, 4) is 0 Å². The number of hydrogen-bond acceptors (Lipinski definition) is 1. The molecule has 1 heteroatoms. The summed E-state index contributed by atoms with van der Waals surface area (Å²) in [7, 11) is 0. The molecule has 0 heterocycles. The fourth-order valence-electron chi connectivity index (χ4n) is 2.28. The van der Waals surface area contributed by atoms with Crippen molar-refractivity contribution in [1.29, 1.82) is 0 Å². The molecular formula is C23H43N. The van der Waals surface area contributed by atoms with Gasteiger partial charge in [-0.3, -0.25) is 4.90 Å². The highest BCUT2D eigenvalue weighted by atomic mass is 15.1. The predicted octanol–water partition coefficient (Wildman–Crippen LogP) is 7.22. The molecule has 0 amide bonds. The van der Waals surface area contributed by atoms with E-state index < -0.39 is 0 Å². The molecule has 0 aliphatic carbocycles. The molecule has 0 spiro atoms. The van der Waals surface area contributed by atoms with E-state index >= 15 is 0 Å². The maximum absolute atomic E-state index is 4.04. The maximum Gasteiger partial charge on any atom is 0.0190 e. The lowest BCUT2D eigenvalue weighted by atomic mass is 10.0. The van der Waals surface area contributed by atoms with Crippen LogP contribution in [-0.2, 0) is 0 Å². The Morgan fingerprint density at radius 1 is 0.958 bits per heavy atom. The summed E-state index contributed by atoms with van der Waals surface area (Å²) in [4.78, 5) is 2.49. The molecule has 0 aliphatic rings. The van der Waals surface area contributed by atoms with Gasteiger partial charge in [0.25, 0.3) is 0 Å². The van der Waals surface area contributed by atoms with Gasteiger partial charge in [-0.15, -0.1) is 0 Å². The Balaban J connectivity index is 0. The molecule has 0 aromatic heterocycles. The largest absolute Gasteiger partial charge is 0.299 e. The van der Waals surface area contributed by atoms with Crippen LogP contribution < -0.4 is 0 Å². The van der Waals surface area contributed by atoms with Crippen LogP contribution in [0.15, 0.2) is 36.4 Å². The average molecular weight is 334 g/mol. The Hall–Kier alpha value is -1.08. The Morgan fingerprint density at radius 2 is 1.42 bits per heavy atom. The molecule has 0 aliphatic heterocycles. The summed E-state index contributed by atoms with van der Waals surface area (Å²) in [6, 6.07) is 8.71. The SMILES string of the molecule is C=C(CC)CN(CCC)CCC.CC.Cc1ccc(C(C)C)cc1. The third kappa shape index (κ3) is 13.4. The van der Waals surface area contributed by atoms with E-state index in [0.717, 1.165) is 13.0 Å². The zero-order valence-electron chi connectivity index (χ0n) is 17.8. The summed E-state index contributed by atoms with van der Waals surface area (Å²) < 4.78 is 0. The lowest BCUT2D eigenvalue weighted by molar-refractivity contribution is 0.295. The van der Waals surface area contributed by atoms with Crippen molar-refractivity contribution >= 4 is 0 Å². The van der Waals surface area contributed by atoms with E-state index in [0.29, 0.717) is 5.92 Å². The molecule has 0 saturated heterocycles. The van der Waals surface area contributed by atoms with Crippen molar-refractivity contribution in [2.75, 3.05) is 19.6 Å². The lowest BCUT2D eigenvalue weighted by Gasteiger charge is -2.21. The van der Waals surface area contributed by atoms with Gasteiger partial charge < -0.3 is 0 Å². The molecule has 0 atom stereocenters. The lowest BCUT2D eigenvalue weighted by Crippen LogP contribution is -2.27. The van der Waals surface area contributed by atoms with E-state index in [9.17, 15) is 0 Å². The zero-order valence-corrected chi connectivity index (χ0v) is 17.8. The second kappa shape index (κ2) is 16.8. The van der Waals surface area contributed by atoms with Gasteiger partial charge in [0.1, 0.15) is 0 Å². The van der Waals surface area contributed by atoms with Gasteiger partial charge in [-0.05, 0) is 50.8 Å². The summed E-state index contributed by atoms with van der Waals surface area (Å²) in [6.45, 7) is 24.7. The van der Waals surface area contributed by atoms with Gasteiger partial charge in [0.2, 0.25) is 0 Å². The third-order valence-electron chi connectivity index (χ3n) is 3.77. The second-order valence-corrected chi connectivity index (χ2v) is 6.45. The van der Waals surface area contributed by atoms with Crippen LogP contribution in [0.3, 0.4) is 0 Å². The summed E-state index contributed by atoms with van der Waals surface area (Å²) in [5.41, 5.74) is 4.12. The van der Waals surface area contributed by atoms with Gasteiger partial charge in [0, 0.05) is 6.54 Å². The molecule has 0 radical (unpaired) electrons. The molecular weight excluding hydrogens is 290 g/mol. The molecule has 1 rings (SSSR count). The van der Waals surface area contributed by atoms with Crippen LogP contribution in [0, 0.1) is 6.92 Å². The van der Waals surface area contributed by atoms with Crippen LogP contribution in [0.25, 0.3) is 0 Å². The number of benzene rings is 1. The molecule has 1 nitrogen and oxygen atoms in total. The number of aryl methyl sites for hydroxylation is 1. The summed E-state index contributed by atoms with van der Waals surface area (Å²) in [5.74, 6) is 0.653. The van der Waals surface area contributed by atoms with E-state index in [1.165, 1.54) is 42.6 Å². The van der Waals surface area contributed by atoms with E-state index in [2.05, 4.69) is 77.3 Å². The second-order valence-electron chi connectivity index (χ2n) is 6.45. The van der Waals surface area contributed by atoms with Crippen molar-refractivity contribution in [1.82, 2.24) is 4.90 Å². The van der Waals surface area contributed by atoms with Crippen molar-refractivity contribution in [2.45, 2.75) is 80.6 Å². The van der Waals surface area contributed by atoms with Crippen LogP contribution >= 0.6 is 0 Å². The van der Waals surface area contributed by atoms with Crippen LogP contribution in [0.1, 0.15) is 84.8 Å². The van der Waals surface area contributed by atoms with E-state index in [4.69, 9.17) is 0 Å². The quantitative estimate of drug-likeness (QED) is 0.454. The molecule has 0 N–H and O–H groups in total. The third-order valence-corrected chi connectivity index (χ3v) is 3.77. The highest BCUT2D eigenvalue weighted by Gasteiger charge is 2.02.